The van der Waals surface area contributed by atoms with Gasteiger partial charge in [0.25, 0.3) is 5.91 Å². The first-order valence-corrected chi connectivity index (χ1v) is 7.09. The molecule has 0 radical (unpaired) electrons. The lowest BCUT2D eigenvalue weighted by Gasteiger charge is -2.10. The fraction of sp³-hybridized carbons (Fsp3) is 0.118. The van der Waals surface area contributed by atoms with E-state index in [0.717, 1.165) is 11.3 Å². The number of imidazole rings is 1. The van der Waals surface area contributed by atoms with Gasteiger partial charge in [0.05, 0.1) is 6.33 Å². The van der Waals surface area contributed by atoms with Crippen LogP contribution in [0, 0.1) is 6.92 Å². The van der Waals surface area contributed by atoms with Gasteiger partial charge in [-0.25, -0.2) is 4.98 Å². The van der Waals surface area contributed by atoms with Crippen molar-refractivity contribution in [1.29, 1.82) is 0 Å². The Labute approximate surface area is 133 Å². The smallest absolute Gasteiger partial charge is 0.275 e. The molecule has 0 aliphatic carbocycles. The maximum Gasteiger partial charge on any atom is 0.275 e. The predicted octanol–water partition coefficient (Wildman–Crippen LogP) is 3.17. The summed E-state index contributed by atoms with van der Waals surface area (Å²) in [6.45, 7) is 1.92. The highest BCUT2D eigenvalue weighted by atomic mass is 16.5. The molecule has 2 heterocycles. The van der Waals surface area contributed by atoms with E-state index < -0.39 is 0 Å². The summed E-state index contributed by atoms with van der Waals surface area (Å²) in [7, 11) is 1.82. The van der Waals surface area contributed by atoms with Crippen molar-refractivity contribution in [2.45, 2.75) is 6.92 Å². The van der Waals surface area contributed by atoms with Crippen LogP contribution in [0.25, 0.3) is 0 Å². The predicted molar refractivity (Wildman–Crippen MR) is 86.7 cm³/mol. The number of pyridine rings is 1. The fourth-order valence-electron chi connectivity index (χ4n) is 2.10. The summed E-state index contributed by atoms with van der Waals surface area (Å²) in [5.74, 6) is 1.20. The molecule has 0 saturated heterocycles. The second-order valence-electron chi connectivity index (χ2n) is 5.14. The SMILES string of the molecule is Cc1cc(NC(=O)c2cn(C)cn2)ccc1Oc1ccncc1. The first-order chi connectivity index (χ1) is 11.1. The molecular formula is C17H16N4O2. The van der Waals surface area contributed by atoms with E-state index in [1.807, 2.05) is 26.1 Å². The average molecular weight is 308 g/mol. The number of ether oxygens (including phenoxy) is 1. The first-order valence-electron chi connectivity index (χ1n) is 7.09. The Kier molecular flexibility index (Phi) is 4.05. The molecule has 0 unspecified atom stereocenters. The summed E-state index contributed by atoms with van der Waals surface area (Å²) < 4.78 is 7.52. The fourth-order valence-corrected chi connectivity index (χ4v) is 2.10. The van der Waals surface area contributed by atoms with Crippen LogP contribution in [-0.2, 0) is 7.05 Å². The third-order valence-corrected chi connectivity index (χ3v) is 3.25. The Hall–Kier alpha value is -3.15. The maximum absolute atomic E-state index is 12.1. The lowest BCUT2D eigenvalue weighted by atomic mass is 10.2. The number of carbonyl (C=O) groups excluding carboxylic acids is 1. The first kappa shape index (κ1) is 14.8. The minimum absolute atomic E-state index is 0.243. The van der Waals surface area contributed by atoms with Gasteiger partial charge in [-0.15, -0.1) is 0 Å². The van der Waals surface area contributed by atoms with Crippen LogP contribution in [0.1, 0.15) is 16.1 Å². The second kappa shape index (κ2) is 6.31. The second-order valence-corrected chi connectivity index (χ2v) is 5.14. The molecule has 2 aromatic heterocycles. The van der Waals surface area contributed by atoms with E-state index in [0.29, 0.717) is 17.1 Å². The topological polar surface area (TPSA) is 69.0 Å². The lowest BCUT2D eigenvalue weighted by Crippen LogP contribution is -2.12. The van der Waals surface area contributed by atoms with Gasteiger partial charge in [-0.2, -0.15) is 0 Å². The highest BCUT2D eigenvalue weighted by Gasteiger charge is 2.10. The molecular weight excluding hydrogens is 292 g/mol. The number of rotatable bonds is 4. The van der Waals surface area contributed by atoms with Gasteiger partial charge in [-0.1, -0.05) is 0 Å². The molecule has 6 nitrogen and oxygen atoms in total. The Balaban J connectivity index is 1.73. The van der Waals surface area contributed by atoms with Crippen molar-refractivity contribution in [3.8, 4) is 11.5 Å². The van der Waals surface area contributed by atoms with Crippen LogP contribution in [-0.4, -0.2) is 20.4 Å². The van der Waals surface area contributed by atoms with Gasteiger partial charge >= 0.3 is 0 Å². The number of benzene rings is 1. The third-order valence-electron chi connectivity index (χ3n) is 3.25. The summed E-state index contributed by atoms with van der Waals surface area (Å²) in [5, 5.41) is 2.82. The maximum atomic E-state index is 12.1. The summed E-state index contributed by atoms with van der Waals surface area (Å²) in [5.41, 5.74) is 1.99. The van der Waals surface area contributed by atoms with Gasteiger partial charge in [0.15, 0.2) is 0 Å². The van der Waals surface area contributed by atoms with Crippen molar-refractivity contribution < 1.29 is 9.53 Å². The van der Waals surface area contributed by atoms with Gasteiger partial charge in [0, 0.05) is 31.3 Å². The summed E-state index contributed by atoms with van der Waals surface area (Å²) in [6, 6.07) is 9.05. The Morgan fingerprint density at radius 2 is 2.00 bits per heavy atom. The van der Waals surface area contributed by atoms with Crippen molar-refractivity contribution in [3.63, 3.8) is 0 Å². The normalized spacial score (nSPS) is 10.3. The number of carbonyl (C=O) groups is 1. The van der Waals surface area contributed by atoms with Crippen molar-refractivity contribution >= 4 is 11.6 Å². The molecule has 0 aliphatic heterocycles. The molecule has 3 aromatic rings. The molecule has 0 bridgehead atoms. The number of nitrogens with zero attached hydrogens (tertiary/aromatic N) is 3. The third kappa shape index (κ3) is 3.55. The molecule has 1 amide bonds. The van der Waals surface area contributed by atoms with E-state index in [1.165, 1.54) is 0 Å². The number of aryl methyl sites for hydroxylation is 2. The molecule has 3 rings (SSSR count). The molecule has 0 saturated carbocycles. The molecule has 0 atom stereocenters. The van der Waals surface area contributed by atoms with Crippen molar-refractivity contribution in [1.82, 2.24) is 14.5 Å². The molecule has 23 heavy (non-hydrogen) atoms. The zero-order valence-electron chi connectivity index (χ0n) is 12.9. The van der Waals surface area contributed by atoms with Crippen LogP contribution in [0.3, 0.4) is 0 Å². The molecule has 1 aromatic carbocycles. The molecule has 0 fully saturated rings. The Bertz CT molecular complexity index is 828. The molecule has 0 aliphatic rings. The number of nitrogens with one attached hydrogen (secondary N) is 1. The minimum atomic E-state index is -0.243. The van der Waals surface area contributed by atoms with Crippen LogP contribution in [0.4, 0.5) is 5.69 Å². The zero-order valence-corrected chi connectivity index (χ0v) is 12.9. The number of anilines is 1. The lowest BCUT2D eigenvalue weighted by molar-refractivity contribution is 0.102. The monoisotopic (exact) mass is 308 g/mol. The number of aromatic nitrogens is 3. The zero-order chi connectivity index (χ0) is 16.2. The van der Waals surface area contributed by atoms with Gasteiger partial charge in [-0.05, 0) is 42.8 Å². The summed E-state index contributed by atoms with van der Waals surface area (Å²) in [4.78, 5) is 20.1. The Morgan fingerprint density at radius 1 is 1.22 bits per heavy atom. The molecule has 1 N–H and O–H groups in total. The van der Waals surface area contributed by atoms with Gasteiger partial charge in [-0.3, -0.25) is 9.78 Å². The Morgan fingerprint density at radius 3 is 2.65 bits per heavy atom. The highest BCUT2D eigenvalue weighted by molar-refractivity contribution is 6.02. The van der Waals surface area contributed by atoms with Crippen LogP contribution in [0.2, 0.25) is 0 Å². The molecule has 0 spiro atoms. The van der Waals surface area contributed by atoms with Crippen LogP contribution in [0.15, 0.2) is 55.2 Å². The van der Waals surface area contributed by atoms with Crippen molar-refractivity contribution in [2.24, 2.45) is 7.05 Å². The van der Waals surface area contributed by atoms with E-state index >= 15 is 0 Å². The quantitative estimate of drug-likeness (QED) is 0.803. The summed E-state index contributed by atoms with van der Waals surface area (Å²) in [6.07, 6.45) is 6.60. The van der Waals surface area contributed by atoms with E-state index in [-0.39, 0.29) is 5.91 Å². The number of hydrogen-bond acceptors (Lipinski definition) is 4. The van der Waals surface area contributed by atoms with E-state index in [9.17, 15) is 4.79 Å². The van der Waals surface area contributed by atoms with Gasteiger partial charge < -0.3 is 14.6 Å². The standard InChI is InChI=1S/C17H16N4O2/c1-12-9-13(20-17(22)15-10-21(2)11-19-15)3-4-16(12)23-14-5-7-18-8-6-14/h3-11H,1-2H3,(H,20,22). The average Bonchev–Trinajstić information content (AvgIpc) is 2.98. The largest absolute Gasteiger partial charge is 0.457 e. The van der Waals surface area contributed by atoms with Crippen LogP contribution >= 0.6 is 0 Å². The number of amides is 1. The van der Waals surface area contributed by atoms with E-state index in [1.54, 1.807) is 47.7 Å². The number of hydrogen-bond donors (Lipinski definition) is 1. The summed E-state index contributed by atoms with van der Waals surface area (Å²) >= 11 is 0. The minimum Gasteiger partial charge on any atom is -0.457 e. The van der Waals surface area contributed by atoms with E-state index in [2.05, 4.69) is 15.3 Å². The van der Waals surface area contributed by atoms with Crippen LogP contribution in [0.5, 0.6) is 11.5 Å². The van der Waals surface area contributed by atoms with E-state index in [4.69, 9.17) is 4.74 Å². The van der Waals surface area contributed by atoms with Crippen molar-refractivity contribution in [3.05, 3.63) is 66.5 Å². The van der Waals surface area contributed by atoms with Crippen molar-refractivity contribution in [2.75, 3.05) is 5.32 Å². The molecule has 116 valence electrons. The molecule has 6 heteroatoms. The van der Waals surface area contributed by atoms with Crippen LogP contribution < -0.4 is 10.1 Å². The van der Waals surface area contributed by atoms with Gasteiger partial charge in [0.2, 0.25) is 0 Å². The van der Waals surface area contributed by atoms with Gasteiger partial charge in [0.1, 0.15) is 17.2 Å². The highest BCUT2D eigenvalue weighted by Crippen LogP contribution is 2.27.